The van der Waals surface area contributed by atoms with Gasteiger partial charge in [-0.25, -0.2) is 0 Å². The molecule has 4 fully saturated rings. The van der Waals surface area contributed by atoms with Gasteiger partial charge in [-0.05, 0) is 39.0 Å². The Morgan fingerprint density at radius 2 is 1.89 bits per heavy atom. The number of hydrogen-bond acceptors (Lipinski definition) is 4. The summed E-state index contributed by atoms with van der Waals surface area (Å²) in [6.07, 6.45) is 7.68. The molecule has 28 heavy (non-hydrogen) atoms. The number of hydrogen-bond donors (Lipinski definition) is 2. The predicted octanol–water partition coefficient (Wildman–Crippen LogP) is 1.42. The fraction of sp³-hybridized carbons (Fsp3) is 0.900. The standard InChI is InChI=1S/C20H35N5O2.HI/c1-3-27-17-13-16(20(17)7-4-8-20)23-19(21-2)25-11-9-24(10-12-25)14-18(26)22-15-5-6-15;/h15-17H,3-14H2,1-2H3,(H,21,23)(H,22,26);1H. The Balaban J connectivity index is 0.00000225. The molecule has 1 heterocycles. The van der Waals surface area contributed by atoms with Crippen LogP contribution in [0.25, 0.3) is 0 Å². The summed E-state index contributed by atoms with van der Waals surface area (Å²) in [5, 5.41) is 6.82. The molecule has 7 nitrogen and oxygen atoms in total. The Labute approximate surface area is 186 Å². The fourth-order valence-electron chi connectivity index (χ4n) is 4.92. The maximum Gasteiger partial charge on any atom is 0.234 e. The second-order valence-corrected chi connectivity index (χ2v) is 8.62. The molecule has 2 unspecified atom stereocenters. The van der Waals surface area contributed by atoms with Gasteiger partial charge in [-0.2, -0.15) is 0 Å². The zero-order chi connectivity index (χ0) is 18.9. The van der Waals surface area contributed by atoms with Gasteiger partial charge in [0.25, 0.3) is 0 Å². The average Bonchev–Trinajstić information content (AvgIpc) is 3.41. The molecule has 1 amide bonds. The number of piperazine rings is 1. The van der Waals surface area contributed by atoms with Crippen molar-refractivity contribution in [1.29, 1.82) is 0 Å². The maximum atomic E-state index is 12.0. The first-order valence-corrected chi connectivity index (χ1v) is 10.8. The Morgan fingerprint density at radius 3 is 2.43 bits per heavy atom. The molecule has 1 saturated heterocycles. The van der Waals surface area contributed by atoms with Crippen molar-refractivity contribution in [2.24, 2.45) is 10.4 Å². The van der Waals surface area contributed by atoms with Crippen LogP contribution in [-0.2, 0) is 9.53 Å². The van der Waals surface area contributed by atoms with Gasteiger partial charge in [0.15, 0.2) is 5.96 Å². The molecule has 4 rings (SSSR count). The molecule has 1 spiro atoms. The summed E-state index contributed by atoms with van der Waals surface area (Å²) in [6, 6.07) is 0.937. The highest BCUT2D eigenvalue weighted by molar-refractivity contribution is 14.0. The molecule has 8 heteroatoms. The topological polar surface area (TPSA) is 69.2 Å². The first-order chi connectivity index (χ1) is 13.1. The highest BCUT2D eigenvalue weighted by atomic mass is 127. The van der Waals surface area contributed by atoms with E-state index in [2.05, 4.69) is 32.3 Å². The van der Waals surface area contributed by atoms with E-state index >= 15 is 0 Å². The SMILES string of the molecule is CCOC1CC(NC(=NC)N2CCN(CC(=O)NC3CC3)CC2)C12CCC2.I. The van der Waals surface area contributed by atoms with E-state index in [1.807, 2.05) is 7.05 Å². The fourth-order valence-corrected chi connectivity index (χ4v) is 4.92. The summed E-state index contributed by atoms with van der Waals surface area (Å²) in [5.74, 6) is 1.19. The van der Waals surface area contributed by atoms with Crippen LogP contribution in [0, 0.1) is 5.41 Å². The summed E-state index contributed by atoms with van der Waals surface area (Å²) in [5.41, 5.74) is 0.342. The molecule has 2 atom stereocenters. The number of rotatable bonds is 6. The minimum Gasteiger partial charge on any atom is -0.378 e. The van der Waals surface area contributed by atoms with E-state index in [0.29, 0.717) is 30.1 Å². The molecule has 4 aliphatic rings. The molecule has 0 aromatic heterocycles. The lowest BCUT2D eigenvalue weighted by molar-refractivity contribution is -0.169. The van der Waals surface area contributed by atoms with E-state index in [-0.39, 0.29) is 29.9 Å². The summed E-state index contributed by atoms with van der Waals surface area (Å²) in [6.45, 7) is 7.10. The molecule has 1 aliphatic heterocycles. The van der Waals surface area contributed by atoms with Crippen LogP contribution >= 0.6 is 24.0 Å². The van der Waals surface area contributed by atoms with E-state index in [0.717, 1.165) is 58.0 Å². The second kappa shape index (κ2) is 9.47. The number of carbonyl (C=O) groups is 1. The van der Waals surface area contributed by atoms with Crippen molar-refractivity contribution >= 4 is 35.8 Å². The van der Waals surface area contributed by atoms with Crippen molar-refractivity contribution in [3.05, 3.63) is 0 Å². The van der Waals surface area contributed by atoms with Gasteiger partial charge in [-0.1, -0.05) is 6.42 Å². The normalized spacial score (nSPS) is 29.5. The van der Waals surface area contributed by atoms with Crippen molar-refractivity contribution < 1.29 is 9.53 Å². The lowest BCUT2D eigenvalue weighted by atomic mass is 9.51. The average molecular weight is 505 g/mol. The first kappa shape index (κ1) is 22.1. The second-order valence-electron chi connectivity index (χ2n) is 8.62. The summed E-state index contributed by atoms with van der Waals surface area (Å²) >= 11 is 0. The number of ether oxygens (including phenoxy) is 1. The number of carbonyl (C=O) groups excluding carboxylic acids is 1. The molecule has 0 aromatic carbocycles. The van der Waals surface area contributed by atoms with Crippen molar-refractivity contribution in [3.8, 4) is 0 Å². The van der Waals surface area contributed by atoms with Crippen LogP contribution in [0.15, 0.2) is 4.99 Å². The number of aliphatic imine (C=N–C) groups is 1. The van der Waals surface area contributed by atoms with E-state index in [4.69, 9.17) is 4.74 Å². The van der Waals surface area contributed by atoms with E-state index in [9.17, 15) is 4.79 Å². The predicted molar refractivity (Wildman–Crippen MR) is 121 cm³/mol. The third kappa shape index (κ3) is 4.59. The number of amides is 1. The van der Waals surface area contributed by atoms with Gasteiger partial charge in [-0.3, -0.25) is 14.7 Å². The summed E-state index contributed by atoms with van der Waals surface area (Å²) in [4.78, 5) is 21.2. The van der Waals surface area contributed by atoms with Crippen LogP contribution < -0.4 is 10.6 Å². The summed E-state index contributed by atoms with van der Waals surface area (Å²) in [7, 11) is 1.88. The van der Waals surface area contributed by atoms with Gasteiger partial charge in [0.1, 0.15) is 0 Å². The zero-order valence-electron chi connectivity index (χ0n) is 17.3. The molecule has 0 aromatic rings. The van der Waals surface area contributed by atoms with Crippen LogP contribution in [0.4, 0.5) is 0 Å². The Bertz CT molecular complexity index is 571. The first-order valence-electron chi connectivity index (χ1n) is 10.8. The Hall–Kier alpha value is -0.610. The van der Waals surface area contributed by atoms with Gasteiger partial charge < -0.3 is 20.3 Å². The zero-order valence-corrected chi connectivity index (χ0v) is 19.6. The Morgan fingerprint density at radius 1 is 1.18 bits per heavy atom. The van der Waals surface area contributed by atoms with Crippen molar-refractivity contribution in [1.82, 2.24) is 20.4 Å². The number of halogens is 1. The number of nitrogens with one attached hydrogen (secondary N) is 2. The third-order valence-corrected chi connectivity index (χ3v) is 6.93. The maximum absolute atomic E-state index is 12.0. The molecular formula is C20H36IN5O2. The van der Waals surface area contributed by atoms with Crippen LogP contribution in [0.1, 0.15) is 45.4 Å². The third-order valence-electron chi connectivity index (χ3n) is 6.93. The van der Waals surface area contributed by atoms with Gasteiger partial charge >= 0.3 is 0 Å². The Kier molecular flexibility index (Phi) is 7.47. The summed E-state index contributed by atoms with van der Waals surface area (Å²) < 4.78 is 5.97. The van der Waals surface area contributed by atoms with Crippen molar-refractivity contribution in [2.75, 3.05) is 46.4 Å². The lowest BCUT2D eigenvalue weighted by Gasteiger charge is -2.61. The largest absolute Gasteiger partial charge is 0.378 e. The van der Waals surface area contributed by atoms with Crippen LogP contribution in [0.2, 0.25) is 0 Å². The minimum absolute atomic E-state index is 0. The van der Waals surface area contributed by atoms with Crippen molar-refractivity contribution in [2.45, 2.75) is 63.6 Å². The minimum atomic E-state index is 0. The monoisotopic (exact) mass is 505 g/mol. The molecule has 3 saturated carbocycles. The number of nitrogens with zero attached hydrogens (tertiary/aromatic N) is 3. The number of guanidine groups is 1. The molecule has 0 bridgehead atoms. The molecule has 0 radical (unpaired) electrons. The smallest absolute Gasteiger partial charge is 0.234 e. The van der Waals surface area contributed by atoms with E-state index < -0.39 is 0 Å². The lowest BCUT2D eigenvalue weighted by Crippen LogP contribution is -2.69. The molecule has 160 valence electrons. The quantitative estimate of drug-likeness (QED) is 0.325. The van der Waals surface area contributed by atoms with Crippen molar-refractivity contribution in [3.63, 3.8) is 0 Å². The van der Waals surface area contributed by atoms with E-state index in [1.54, 1.807) is 0 Å². The van der Waals surface area contributed by atoms with E-state index in [1.165, 1.54) is 19.3 Å². The highest BCUT2D eigenvalue weighted by Crippen LogP contribution is 2.57. The molecule has 2 N–H and O–H groups in total. The highest BCUT2D eigenvalue weighted by Gasteiger charge is 2.59. The van der Waals surface area contributed by atoms with Gasteiger partial charge in [0, 0.05) is 57.3 Å². The van der Waals surface area contributed by atoms with Gasteiger partial charge in [0.05, 0.1) is 12.6 Å². The molecule has 3 aliphatic carbocycles. The van der Waals surface area contributed by atoms with Gasteiger partial charge in [-0.15, -0.1) is 24.0 Å². The van der Waals surface area contributed by atoms with Gasteiger partial charge in [0.2, 0.25) is 5.91 Å². The van der Waals surface area contributed by atoms with Crippen LogP contribution in [-0.4, -0.2) is 86.2 Å². The molecular weight excluding hydrogens is 469 g/mol. The van der Waals surface area contributed by atoms with Crippen LogP contribution in [0.5, 0.6) is 0 Å². The van der Waals surface area contributed by atoms with Crippen LogP contribution in [0.3, 0.4) is 0 Å².